The van der Waals surface area contributed by atoms with Gasteiger partial charge in [-0.3, -0.25) is 4.79 Å². The van der Waals surface area contributed by atoms with E-state index in [4.69, 9.17) is 4.74 Å². The lowest BCUT2D eigenvalue weighted by Gasteiger charge is -2.14. The van der Waals surface area contributed by atoms with Crippen LogP contribution in [-0.2, 0) is 4.79 Å². The highest BCUT2D eigenvalue weighted by molar-refractivity contribution is 5.77. The normalized spacial score (nSPS) is 12.2. The highest BCUT2D eigenvalue weighted by Crippen LogP contribution is 2.18. The predicted molar refractivity (Wildman–Crippen MR) is 86.5 cm³/mol. The fourth-order valence-electron chi connectivity index (χ4n) is 2.00. The Hall–Kier alpha value is -1.55. The number of nitrogens with one attached hydrogen (secondary N) is 2. The number of rotatable bonds is 9. The summed E-state index contributed by atoms with van der Waals surface area (Å²) in [6, 6.07) is 8.15. The van der Waals surface area contributed by atoms with Crippen LogP contribution < -0.4 is 15.4 Å². The van der Waals surface area contributed by atoms with E-state index in [9.17, 15) is 4.79 Å². The van der Waals surface area contributed by atoms with E-state index in [1.54, 1.807) is 0 Å². The van der Waals surface area contributed by atoms with Crippen LogP contribution in [0.5, 0.6) is 5.75 Å². The zero-order valence-corrected chi connectivity index (χ0v) is 13.6. The van der Waals surface area contributed by atoms with Crippen LogP contribution in [0, 0.1) is 5.92 Å². The molecule has 0 aliphatic rings. The summed E-state index contributed by atoms with van der Waals surface area (Å²) in [6.07, 6.45) is 0.988. The van der Waals surface area contributed by atoms with E-state index in [1.807, 2.05) is 18.2 Å². The molecule has 118 valence electrons. The quantitative estimate of drug-likeness (QED) is 0.736. The van der Waals surface area contributed by atoms with Crippen LogP contribution in [0.2, 0.25) is 0 Å². The van der Waals surface area contributed by atoms with Crippen molar-refractivity contribution in [2.24, 2.45) is 5.92 Å². The first-order valence-electron chi connectivity index (χ1n) is 7.75. The lowest BCUT2D eigenvalue weighted by Crippen LogP contribution is -2.30. The van der Waals surface area contributed by atoms with Crippen molar-refractivity contribution in [2.45, 2.75) is 40.2 Å². The molecule has 0 radical (unpaired) electrons. The number of hydrogen-bond acceptors (Lipinski definition) is 3. The molecule has 0 aromatic heterocycles. The summed E-state index contributed by atoms with van der Waals surface area (Å²) in [6.45, 7) is 10.2. The van der Waals surface area contributed by atoms with E-state index in [1.165, 1.54) is 0 Å². The van der Waals surface area contributed by atoms with Crippen molar-refractivity contribution in [2.75, 3.05) is 19.7 Å². The molecule has 1 unspecified atom stereocenters. The fourth-order valence-corrected chi connectivity index (χ4v) is 2.00. The molecule has 2 N–H and O–H groups in total. The number of carbonyl (C=O) groups excluding carboxylic acids is 1. The lowest BCUT2D eigenvalue weighted by atomic mass is 10.1. The summed E-state index contributed by atoms with van der Waals surface area (Å²) in [4.78, 5) is 11.7. The van der Waals surface area contributed by atoms with Crippen molar-refractivity contribution in [3.05, 3.63) is 29.8 Å². The van der Waals surface area contributed by atoms with Crippen molar-refractivity contribution in [1.82, 2.24) is 10.6 Å². The molecule has 0 heterocycles. The maximum absolute atomic E-state index is 11.7. The molecule has 21 heavy (non-hydrogen) atoms. The van der Waals surface area contributed by atoms with Gasteiger partial charge in [-0.05, 0) is 43.5 Å². The third-order valence-corrected chi connectivity index (χ3v) is 3.28. The molecule has 4 heteroatoms. The second kappa shape index (κ2) is 9.40. The van der Waals surface area contributed by atoms with Gasteiger partial charge in [0.1, 0.15) is 5.75 Å². The predicted octanol–water partition coefficient (Wildman–Crippen LogP) is 2.90. The van der Waals surface area contributed by atoms with Gasteiger partial charge < -0.3 is 15.4 Å². The summed E-state index contributed by atoms with van der Waals surface area (Å²) in [5.74, 6) is 1.26. The van der Waals surface area contributed by atoms with Crippen LogP contribution in [0.1, 0.15) is 45.7 Å². The van der Waals surface area contributed by atoms with Gasteiger partial charge >= 0.3 is 0 Å². The standard InChI is InChI=1S/C17H28N2O2/c1-5-18-14(4)15-7-6-8-16(11-15)21-12-17(20)19-10-9-13(2)3/h6-8,11,13-14,18H,5,9-10,12H2,1-4H3,(H,19,20). The first kappa shape index (κ1) is 17.5. The Bertz CT molecular complexity index is 433. The molecule has 0 fully saturated rings. The van der Waals surface area contributed by atoms with E-state index in [-0.39, 0.29) is 18.6 Å². The number of hydrogen-bond donors (Lipinski definition) is 2. The molecule has 1 amide bonds. The van der Waals surface area contributed by atoms with Gasteiger partial charge in [-0.15, -0.1) is 0 Å². The third-order valence-electron chi connectivity index (χ3n) is 3.28. The molecule has 1 aromatic rings. The number of ether oxygens (including phenoxy) is 1. The third kappa shape index (κ3) is 7.14. The van der Waals surface area contributed by atoms with Crippen molar-refractivity contribution in [1.29, 1.82) is 0 Å². The van der Waals surface area contributed by atoms with Gasteiger partial charge in [0, 0.05) is 12.6 Å². The smallest absolute Gasteiger partial charge is 0.257 e. The largest absolute Gasteiger partial charge is 0.484 e. The Morgan fingerprint density at radius 3 is 2.71 bits per heavy atom. The molecule has 0 bridgehead atoms. The molecule has 1 rings (SSSR count). The van der Waals surface area contributed by atoms with Gasteiger partial charge in [-0.25, -0.2) is 0 Å². The van der Waals surface area contributed by atoms with Gasteiger partial charge in [-0.2, -0.15) is 0 Å². The van der Waals surface area contributed by atoms with Crippen molar-refractivity contribution in [3.63, 3.8) is 0 Å². The summed E-state index contributed by atoms with van der Waals surface area (Å²) in [5, 5.41) is 6.22. The van der Waals surface area contributed by atoms with Crippen LogP contribution in [0.4, 0.5) is 0 Å². The molecule has 0 spiro atoms. The second-order valence-corrected chi connectivity index (χ2v) is 5.67. The molecular weight excluding hydrogens is 264 g/mol. The monoisotopic (exact) mass is 292 g/mol. The zero-order chi connectivity index (χ0) is 15.7. The molecule has 4 nitrogen and oxygen atoms in total. The van der Waals surface area contributed by atoms with Crippen LogP contribution in [0.15, 0.2) is 24.3 Å². The molecule has 1 atom stereocenters. The summed E-state index contributed by atoms with van der Waals surface area (Å²) >= 11 is 0. The molecule has 0 saturated carbocycles. The highest BCUT2D eigenvalue weighted by Gasteiger charge is 2.06. The van der Waals surface area contributed by atoms with Gasteiger partial charge in [-0.1, -0.05) is 32.9 Å². The van der Waals surface area contributed by atoms with Crippen molar-refractivity contribution < 1.29 is 9.53 Å². The van der Waals surface area contributed by atoms with Gasteiger partial charge in [0.2, 0.25) is 0 Å². The average molecular weight is 292 g/mol. The average Bonchev–Trinajstić information content (AvgIpc) is 2.45. The second-order valence-electron chi connectivity index (χ2n) is 5.67. The van der Waals surface area contributed by atoms with E-state index < -0.39 is 0 Å². The Balaban J connectivity index is 2.41. The van der Waals surface area contributed by atoms with Gasteiger partial charge in [0.05, 0.1) is 0 Å². The first-order chi connectivity index (χ1) is 10.0. The Morgan fingerprint density at radius 2 is 2.05 bits per heavy atom. The molecule has 0 aliphatic carbocycles. The van der Waals surface area contributed by atoms with E-state index in [0.29, 0.717) is 12.5 Å². The molecule has 1 aromatic carbocycles. The fraction of sp³-hybridized carbons (Fsp3) is 0.588. The first-order valence-corrected chi connectivity index (χ1v) is 7.75. The minimum Gasteiger partial charge on any atom is -0.484 e. The maximum Gasteiger partial charge on any atom is 0.257 e. The minimum atomic E-state index is -0.0687. The summed E-state index contributed by atoms with van der Waals surface area (Å²) < 4.78 is 5.55. The van der Waals surface area contributed by atoms with Gasteiger partial charge in [0.15, 0.2) is 6.61 Å². The van der Waals surface area contributed by atoms with Crippen LogP contribution in [-0.4, -0.2) is 25.6 Å². The van der Waals surface area contributed by atoms with Crippen LogP contribution in [0.25, 0.3) is 0 Å². The SMILES string of the molecule is CCNC(C)c1cccc(OCC(=O)NCCC(C)C)c1. The Labute approximate surface area is 128 Å². The van der Waals surface area contributed by atoms with E-state index in [0.717, 1.165) is 24.3 Å². The van der Waals surface area contributed by atoms with Crippen LogP contribution in [0.3, 0.4) is 0 Å². The minimum absolute atomic E-state index is 0.0666. The zero-order valence-electron chi connectivity index (χ0n) is 13.6. The van der Waals surface area contributed by atoms with E-state index in [2.05, 4.69) is 44.4 Å². The molecule has 0 aliphatic heterocycles. The van der Waals surface area contributed by atoms with E-state index >= 15 is 0 Å². The number of carbonyl (C=O) groups is 1. The highest BCUT2D eigenvalue weighted by atomic mass is 16.5. The summed E-state index contributed by atoms with van der Waals surface area (Å²) in [7, 11) is 0. The van der Waals surface area contributed by atoms with Crippen LogP contribution >= 0.6 is 0 Å². The Morgan fingerprint density at radius 1 is 1.29 bits per heavy atom. The number of amides is 1. The topological polar surface area (TPSA) is 50.4 Å². The van der Waals surface area contributed by atoms with Crippen molar-refractivity contribution >= 4 is 5.91 Å². The number of benzene rings is 1. The maximum atomic E-state index is 11.7. The Kier molecular flexibility index (Phi) is 7.83. The summed E-state index contributed by atoms with van der Waals surface area (Å²) in [5.41, 5.74) is 1.16. The molecular formula is C17H28N2O2. The van der Waals surface area contributed by atoms with Gasteiger partial charge in [0.25, 0.3) is 5.91 Å². The van der Waals surface area contributed by atoms with Crippen molar-refractivity contribution in [3.8, 4) is 5.75 Å². The molecule has 0 saturated heterocycles. The lowest BCUT2D eigenvalue weighted by molar-refractivity contribution is -0.123.